The zero-order valence-corrected chi connectivity index (χ0v) is 14.2. The largest absolute Gasteiger partial charge is 0.481 e. The molecule has 7 heteroatoms. The Hall–Kier alpha value is -2.83. The van der Waals surface area contributed by atoms with Crippen LogP contribution in [0.25, 0.3) is 11.0 Å². The molecule has 2 N–H and O–H groups in total. The molecule has 7 nitrogen and oxygen atoms in total. The molecule has 2 rings (SSSR count). The minimum Gasteiger partial charge on any atom is -0.481 e. The second-order valence-corrected chi connectivity index (χ2v) is 5.65. The molecule has 134 valence electrons. The van der Waals surface area contributed by atoms with Crippen LogP contribution in [0.15, 0.2) is 33.5 Å². The molecule has 0 bridgehead atoms. The number of hydrogen-bond acceptors (Lipinski definition) is 5. The third kappa shape index (κ3) is 5.07. The van der Waals surface area contributed by atoms with E-state index in [2.05, 4.69) is 5.32 Å². The van der Waals surface area contributed by atoms with Gasteiger partial charge in [-0.25, -0.2) is 4.79 Å². The fraction of sp³-hybridized carbons (Fsp3) is 0.389. The Kier molecular flexibility index (Phi) is 6.16. The maximum absolute atomic E-state index is 12.0. The second-order valence-electron chi connectivity index (χ2n) is 5.65. The number of benzene rings is 1. The van der Waals surface area contributed by atoms with Crippen LogP contribution in [-0.4, -0.2) is 29.6 Å². The van der Waals surface area contributed by atoms with E-state index in [-0.39, 0.29) is 18.9 Å². The Morgan fingerprint density at radius 2 is 2.08 bits per heavy atom. The maximum Gasteiger partial charge on any atom is 0.336 e. The van der Waals surface area contributed by atoms with E-state index in [1.165, 1.54) is 6.07 Å². The van der Waals surface area contributed by atoms with Crippen molar-refractivity contribution >= 4 is 22.8 Å². The highest BCUT2D eigenvalue weighted by Gasteiger charge is 2.15. The lowest BCUT2D eigenvalue weighted by molar-refractivity contribution is -0.137. The molecule has 25 heavy (non-hydrogen) atoms. The molecule has 0 spiro atoms. The number of fused-ring (bicyclic) bond motifs is 1. The van der Waals surface area contributed by atoms with Crippen molar-refractivity contribution in [3.05, 3.63) is 40.2 Å². The number of rotatable bonds is 8. The van der Waals surface area contributed by atoms with Gasteiger partial charge in [-0.2, -0.15) is 0 Å². The van der Waals surface area contributed by atoms with Crippen LogP contribution in [0.5, 0.6) is 5.75 Å². The van der Waals surface area contributed by atoms with Gasteiger partial charge < -0.3 is 19.6 Å². The molecule has 0 saturated heterocycles. The average molecular weight is 347 g/mol. The molecule has 0 aliphatic heterocycles. The van der Waals surface area contributed by atoms with Gasteiger partial charge in [-0.15, -0.1) is 0 Å². The number of aliphatic carboxylic acids is 1. The van der Waals surface area contributed by atoms with Crippen LogP contribution in [0.2, 0.25) is 0 Å². The van der Waals surface area contributed by atoms with Crippen molar-refractivity contribution < 1.29 is 23.8 Å². The Bertz CT molecular complexity index is 826. The van der Waals surface area contributed by atoms with Crippen LogP contribution >= 0.6 is 0 Å². The van der Waals surface area contributed by atoms with Gasteiger partial charge in [0.2, 0.25) is 0 Å². The number of hydrogen-bond donors (Lipinski definition) is 2. The zero-order valence-electron chi connectivity index (χ0n) is 14.2. The monoisotopic (exact) mass is 347 g/mol. The van der Waals surface area contributed by atoms with Gasteiger partial charge in [-0.3, -0.25) is 9.59 Å². The van der Waals surface area contributed by atoms with Crippen molar-refractivity contribution in [2.24, 2.45) is 0 Å². The van der Waals surface area contributed by atoms with E-state index < -0.39 is 17.7 Å². The Morgan fingerprint density at radius 3 is 2.76 bits per heavy atom. The summed E-state index contributed by atoms with van der Waals surface area (Å²) in [6.45, 7) is 3.82. The highest BCUT2D eigenvalue weighted by atomic mass is 16.5. The van der Waals surface area contributed by atoms with Crippen molar-refractivity contribution in [3.63, 3.8) is 0 Å². The quantitative estimate of drug-likeness (QED) is 0.559. The summed E-state index contributed by atoms with van der Waals surface area (Å²) in [5, 5.41) is 12.0. The van der Waals surface area contributed by atoms with E-state index in [9.17, 15) is 14.4 Å². The van der Waals surface area contributed by atoms with Gasteiger partial charge in [-0.1, -0.05) is 6.92 Å². The van der Waals surface area contributed by atoms with Gasteiger partial charge in [0.25, 0.3) is 5.91 Å². The van der Waals surface area contributed by atoms with Crippen molar-refractivity contribution in [2.45, 2.75) is 39.2 Å². The van der Waals surface area contributed by atoms with E-state index in [0.717, 1.165) is 10.9 Å². The number of ether oxygens (including phenoxy) is 1. The van der Waals surface area contributed by atoms with Gasteiger partial charge >= 0.3 is 11.6 Å². The third-order valence-corrected chi connectivity index (χ3v) is 3.73. The van der Waals surface area contributed by atoms with Crippen LogP contribution < -0.4 is 15.7 Å². The normalized spacial score (nSPS) is 11.9. The van der Waals surface area contributed by atoms with Crippen LogP contribution in [0.3, 0.4) is 0 Å². The molecule has 0 unspecified atom stereocenters. The second kappa shape index (κ2) is 8.32. The summed E-state index contributed by atoms with van der Waals surface area (Å²) in [5.41, 5.74) is 0.878. The smallest absolute Gasteiger partial charge is 0.336 e. The SMILES string of the molecule is CCc1cc(=O)oc2cc(O[C@H](C)C(=O)NCCCC(=O)O)ccc12. The summed E-state index contributed by atoms with van der Waals surface area (Å²) in [7, 11) is 0. The summed E-state index contributed by atoms with van der Waals surface area (Å²) in [4.78, 5) is 34.0. The molecule has 1 amide bonds. The predicted octanol–water partition coefficient (Wildman–Crippen LogP) is 2.10. The van der Waals surface area contributed by atoms with Crippen LogP contribution in [0, 0.1) is 0 Å². The molecule has 0 radical (unpaired) electrons. The lowest BCUT2D eigenvalue weighted by atomic mass is 10.1. The topological polar surface area (TPSA) is 106 Å². The Balaban J connectivity index is 2.03. The number of nitrogens with one attached hydrogen (secondary N) is 1. The lowest BCUT2D eigenvalue weighted by Crippen LogP contribution is -2.36. The summed E-state index contributed by atoms with van der Waals surface area (Å²) in [6, 6.07) is 6.57. The van der Waals surface area contributed by atoms with Crippen molar-refractivity contribution in [2.75, 3.05) is 6.54 Å². The summed E-state index contributed by atoms with van der Waals surface area (Å²) < 4.78 is 10.8. The number of amides is 1. The standard InChI is InChI=1S/C18H21NO6/c1-3-12-9-17(22)25-15-10-13(6-7-14(12)15)24-11(2)18(23)19-8-4-5-16(20)21/h6-7,9-11H,3-5,8H2,1-2H3,(H,19,23)(H,20,21)/t11-/m1/s1. The molecule has 2 aromatic rings. The van der Waals surface area contributed by atoms with Crippen molar-refractivity contribution in [1.82, 2.24) is 5.32 Å². The van der Waals surface area contributed by atoms with Gasteiger partial charge in [0, 0.05) is 30.5 Å². The molecule has 1 heterocycles. The fourth-order valence-corrected chi connectivity index (χ4v) is 2.43. The first-order valence-electron chi connectivity index (χ1n) is 8.13. The molecule has 0 aliphatic carbocycles. The van der Waals surface area contributed by atoms with Crippen molar-refractivity contribution in [3.8, 4) is 5.75 Å². The molecular weight excluding hydrogens is 326 g/mol. The van der Waals surface area contributed by atoms with Gasteiger partial charge in [0.15, 0.2) is 6.10 Å². The summed E-state index contributed by atoms with van der Waals surface area (Å²) >= 11 is 0. The van der Waals surface area contributed by atoms with Crippen LogP contribution in [0.1, 0.15) is 32.3 Å². The van der Waals surface area contributed by atoms with Gasteiger partial charge in [0.1, 0.15) is 11.3 Å². The molecule has 0 fully saturated rings. The first kappa shape index (κ1) is 18.5. The molecule has 0 saturated carbocycles. The Morgan fingerprint density at radius 1 is 1.32 bits per heavy atom. The van der Waals surface area contributed by atoms with Gasteiger partial charge in [0.05, 0.1) is 0 Å². The van der Waals surface area contributed by atoms with Crippen molar-refractivity contribution in [1.29, 1.82) is 0 Å². The fourth-order valence-electron chi connectivity index (χ4n) is 2.43. The van der Waals surface area contributed by atoms with E-state index in [0.29, 0.717) is 24.2 Å². The number of carboxylic acid groups (broad SMARTS) is 1. The predicted molar refractivity (Wildman–Crippen MR) is 91.8 cm³/mol. The minimum absolute atomic E-state index is 0.00100. The van der Waals surface area contributed by atoms with Gasteiger partial charge in [-0.05, 0) is 37.5 Å². The maximum atomic E-state index is 12.0. The van der Waals surface area contributed by atoms with E-state index >= 15 is 0 Å². The number of carbonyl (C=O) groups excluding carboxylic acids is 1. The zero-order chi connectivity index (χ0) is 18.4. The third-order valence-electron chi connectivity index (χ3n) is 3.73. The first-order chi connectivity index (χ1) is 11.9. The first-order valence-corrected chi connectivity index (χ1v) is 8.13. The van der Waals surface area contributed by atoms with Crippen LogP contribution in [-0.2, 0) is 16.0 Å². The van der Waals surface area contributed by atoms with E-state index in [4.69, 9.17) is 14.3 Å². The van der Waals surface area contributed by atoms with E-state index in [1.807, 2.05) is 6.92 Å². The number of carbonyl (C=O) groups is 2. The molecule has 1 aromatic heterocycles. The lowest BCUT2D eigenvalue weighted by Gasteiger charge is -2.15. The number of aryl methyl sites for hydroxylation is 1. The van der Waals surface area contributed by atoms with E-state index in [1.54, 1.807) is 25.1 Å². The summed E-state index contributed by atoms with van der Waals surface area (Å²) in [6.07, 6.45) is 0.300. The molecule has 1 atom stereocenters. The molecule has 0 aliphatic rings. The Labute approximate surface area is 144 Å². The highest BCUT2D eigenvalue weighted by Crippen LogP contribution is 2.23. The summed E-state index contributed by atoms with van der Waals surface area (Å²) in [5.74, 6) is -0.825. The minimum atomic E-state index is -0.900. The molecule has 1 aromatic carbocycles. The van der Waals surface area contributed by atoms with Crippen LogP contribution in [0.4, 0.5) is 0 Å². The highest BCUT2D eigenvalue weighted by molar-refractivity contribution is 5.83. The number of carboxylic acids is 1. The molecular formula is C18H21NO6. The average Bonchev–Trinajstić information content (AvgIpc) is 2.57.